The van der Waals surface area contributed by atoms with E-state index in [0.29, 0.717) is 12.8 Å². The molecule has 1 aromatic heterocycles. The number of nitrogens with two attached hydrogens (primary N) is 1. The van der Waals surface area contributed by atoms with Crippen molar-refractivity contribution in [2.24, 2.45) is 12.8 Å². The summed E-state index contributed by atoms with van der Waals surface area (Å²) in [6.45, 7) is 1.48. The quantitative estimate of drug-likeness (QED) is 0.724. The Labute approximate surface area is 124 Å². The van der Waals surface area contributed by atoms with Gasteiger partial charge < -0.3 is 10.6 Å². The fourth-order valence-electron chi connectivity index (χ4n) is 2.33. The van der Waals surface area contributed by atoms with E-state index in [1.54, 1.807) is 7.05 Å². The summed E-state index contributed by atoms with van der Waals surface area (Å²) in [5.41, 5.74) is 4.95. The first kappa shape index (κ1) is 15.4. The van der Waals surface area contributed by atoms with Crippen LogP contribution < -0.4 is 10.5 Å². The maximum atomic E-state index is 12.5. The number of aryl methyl sites for hydroxylation is 1. The Hall–Kier alpha value is -1.03. The average Bonchev–Trinajstić information content (AvgIpc) is 2.79. The van der Waals surface area contributed by atoms with Crippen molar-refractivity contribution in [2.45, 2.75) is 23.4 Å². The zero-order valence-corrected chi connectivity index (χ0v) is 13.2. The number of nitrogens with zero attached hydrogens (tertiary/aromatic N) is 3. The number of thiocarbonyl (C=S) groups is 1. The second-order valence-corrected chi connectivity index (χ2v) is 7.22. The molecule has 7 nitrogen and oxygen atoms in total. The van der Waals surface area contributed by atoms with Crippen LogP contribution in [0, 0.1) is 0 Å². The molecule has 0 saturated carbocycles. The number of rotatable bonds is 4. The Balaban J connectivity index is 2.30. The molecule has 0 radical (unpaired) electrons. The van der Waals surface area contributed by atoms with Gasteiger partial charge in [0.2, 0.25) is 0 Å². The van der Waals surface area contributed by atoms with E-state index in [1.165, 1.54) is 16.9 Å². The van der Waals surface area contributed by atoms with Gasteiger partial charge in [0.15, 0.2) is 5.03 Å². The monoisotopic (exact) mass is 317 g/mol. The fraction of sp³-hybridized carbons (Fsp3) is 0.636. The molecule has 2 rings (SSSR count). The topological polar surface area (TPSA) is 93.2 Å². The highest BCUT2D eigenvalue weighted by Crippen LogP contribution is 2.24. The molecule has 1 fully saturated rings. The molecule has 0 atom stereocenters. The summed E-state index contributed by atoms with van der Waals surface area (Å²) in [4.78, 5) is 2.31. The maximum Gasteiger partial charge on any atom is 0.258 e. The predicted molar refractivity (Wildman–Crippen MR) is 79.8 cm³/mol. The number of hydrogen-bond donors (Lipinski definition) is 2. The van der Waals surface area contributed by atoms with Crippen molar-refractivity contribution in [1.29, 1.82) is 0 Å². The Bertz CT molecular complexity index is 602. The van der Waals surface area contributed by atoms with Gasteiger partial charge in [-0.15, -0.1) is 0 Å². The summed E-state index contributed by atoms with van der Waals surface area (Å²) in [6.07, 6.45) is 2.57. The first-order valence-electron chi connectivity index (χ1n) is 6.27. The molecule has 0 aromatic carbocycles. The van der Waals surface area contributed by atoms with Crippen molar-refractivity contribution in [3.05, 3.63) is 12.3 Å². The van der Waals surface area contributed by atoms with Gasteiger partial charge in [0, 0.05) is 20.1 Å². The minimum Gasteiger partial charge on any atom is -0.392 e. The van der Waals surface area contributed by atoms with Gasteiger partial charge in [0.25, 0.3) is 10.0 Å². The molecule has 3 N–H and O–H groups in total. The van der Waals surface area contributed by atoms with Gasteiger partial charge >= 0.3 is 0 Å². The van der Waals surface area contributed by atoms with E-state index in [1.807, 2.05) is 7.05 Å². The minimum absolute atomic E-state index is 0.104. The molecule has 1 aromatic rings. The van der Waals surface area contributed by atoms with Crippen molar-refractivity contribution in [2.75, 3.05) is 20.1 Å². The van der Waals surface area contributed by atoms with Crippen LogP contribution in [0.3, 0.4) is 0 Å². The lowest BCUT2D eigenvalue weighted by Gasteiger charge is -2.40. The lowest BCUT2D eigenvalue weighted by atomic mass is 9.89. The van der Waals surface area contributed by atoms with E-state index in [-0.39, 0.29) is 10.0 Å². The Morgan fingerprint density at radius 1 is 1.45 bits per heavy atom. The number of likely N-dealkylation sites (tertiary alicyclic amines) is 1. The van der Waals surface area contributed by atoms with Crippen molar-refractivity contribution < 1.29 is 8.42 Å². The molecule has 9 heteroatoms. The van der Waals surface area contributed by atoms with Crippen LogP contribution in [0.15, 0.2) is 17.3 Å². The lowest BCUT2D eigenvalue weighted by Crippen LogP contribution is -2.61. The van der Waals surface area contributed by atoms with Gasteiger partial charge in [-0.3, -0.25) is 4.68 Å². The van der Waals surface area contributed by atoms with Gasteiger partial charge in [0.1, 0.15) is 0 Å². The number of sulfonamides is 1. The molecular weight excluding hydrogens is 298 g/mol. The summed E-state index contributed by atoms with van der Waals surface area (Å²) in [6, 6.07) is 1.45. The second-order valence-electron chi connectivity index (χ2n) is 5.15. The van der Waals surface area contributed by atoms with Crippen LogP contribution in [-0.2, 0) is 17.1 Å². The van der Waals surface area contributed by atoms with E-state index >= 15 is 0 Å². The third-order valence-electron chi connectivity index (χ3n) is 3.69. The van der Waals surface area contributed by atoms with Crippen molar-refractivity contribution in [3.8, 4) is 0 Å². The summed E-state index contributed by atoms with van der Waals surface area (Å²) >= 11 is 5.11. The van der Waals surface area contributed by atoms with Crippen LogP contribution in [-0.4, -0.2) is 53.8 Å². The van der Waals surface area contributed by atoms with Crippen LogP contribution in [0.1, 0.15) is 12.8 Å². The molecule has 0 bridgehead atoms. The highest BCUT2D eigenvalue weighted by molar-refractivity contribution is 7.89. The number of hydrogen-bond acceptors (Lipinski definition) is 5. The molecule has 2 heterocycles. The molecule has 112 valence electrons. The predicted octanol–water partition coefficient (Wildman–Crippen LogP) is -0.551. The van der Waals surface area contributed by atoms with Gasteiger partial charge in [-0.2, -0.15) is 9.82 Å². The summed E-state index contributed by atoms with van der Waals surface area (Å²) in [7, 11) is -0.138. The van der Waals surface area contributed by atoms with Crippen LogP contribution in [0.4, 0.5) is 0 Å². The van der Waals surface area contributed by atoms with Crippen LogP contribution in [0.25, 0.3) is 0 Å². The van der Waals surface area contributed by atoms with E-state index < -0.39 is 15.6 Å². The standard InChI is InChI=1S/C11H19N5O2S2/c1-15-7-4-11(5-8-15,10(12)19)14-20(17,18)9-3-6-13-16(9)2/h3,6,14H,4-5,7-8H2,1-2H3,(H2,12,19). The molecule has 0 aliphatic carbocycles. The van der Waals surface area contributed by atoms with Crippen LogP contribution in [0.5, 0.6) is 0 Å². The zero-order chi connectivity index (χ0) is 15.0. The summed E-state index contributed by atoms with van der Waals surface area (Å²) in [5.74, 6) is 0. The number of nitrogens with one attached hydrogen (secondary N) is 1. The second kappa shape index (κ2) is 5.40. The lowest BCUT2D eigenvalue weighted by molar-refractivity contribution is 0.220. The smallest absolute Gasteiger partial charge is 0.258 e. The molecule has 1 aliphatic heterocycles. The maximum absolute atomic E-state index is 12.5. The van der Waals surface area contributed by atoms with Gasteiger partial charge in [-0.05, 0) is 26.0 Å². The molecular formula is C11H19N5O2S2. The highest BCUT2D eigenvalue weighted by atomic mass is 32.2. The summed E-state index contributed by atoms with van der Waals surface area (Å²) < 4.78 is 28.9. The normalized spacial score (nSPS) is 19.9. The van der Waals surface area contributed by atoms with Crippen molar-refractivity contribution in [3.63, 3.8) is 0 Å². The molecule has 1 aliphatic rings. The largest absolute Gasteiger partial charge is 0.392 e. The Morgan fingerprint density at radius 2 is 2.05 bits per heavy atom. The minimum atomic E-state index is -3.70. The first-order chi connectivity index (χ1) is 9.27. The van der Waals surface area contributed by atoms with Crippen molar-refractivity contribution in [1.82, 2.24) is 19.4 Å². The van der Waals surface area contributed by atoms with Gasteiger partial charge in [-0.25, -0.2) is 8.42 Å². The van der Waals surface area contributed by atoms with E-state index in [9.17, 15) is 8.42 Å². The Morgan fingerprint density at radius 3 is 2.50 bits per heavy atom. The van der Waals surface area contributed by atoms with E-state index in [2.05, 4.69) is 14.7 Å². The molecule has 0 spiro atoms. The first-order valence-corrected chi connectivity index (χ1v) is 8.16. The molecule has 0 amide bonds. The fourth-order valence-corrected chi connectivity index (χ4v) is 4.22. The van der Waals surface area contributed by atoms with Gasteiger partial charge in [0.05, 0.1) is 16.7 Å². The van der Waals surface area contributed by atoms with Crippen molar-refractivity contribution >= 4 is 27.2 Å². The highest BCUT2D eigenvalue weighted by Gasteiger charge is 2.41. The molecule has 1 saturated heterocycles. The van der Waals surface area contributed by atoms with Crippen LogP contribution in [0.2, 0.25) is 0 Å². The third kappa shape index (κ3) is 2.85. The van der Waals surface area contributed by atoms with Crippen LogP contribution >= 0.6 is 12.2 Å². The molecule has 0 unspecified atom stereocenters. The third-order valence-corrected chi connectivity index (χ3v) is 5.69. The summed E-state index contributed by atoms with van der Waals surface area (Å²) in [5, 5.41) is 3.98. The number of piperidine rings is 1. The Kier molecular flexibility index (Phi) is 4.14. The average molecular weight is 317 g/mol. The van der Waals surface area contributed by atoms with E-state index in [0.717, 1.165) is 13.1 Å². The number of aromatic nitrogens is 2. The molecule has 20 heavy (non-hydrogen) atoms. The van der Waals surface area contributed by atoms with E-state index in [4.69, 9.17) is 18.0 Å². The van der Waals surface area contributed by atoms with Gasteiger partial charge in [-0.1, -0.05) is 12.2 Å². The zero-order valence-electron chi connectivity index (χ0n) is 11.5. The SMILES string of the molecule is CN1CCC(NS(=O)(=O)c2ccnn2C)(C(N)=S)CC1.